The molecule has 2 aliphatic carbocycles. The van der Waals surface area contributed by atoms with Gasteiger partial charge in [-0.25, -0.2) is 4.79 Å². The van der Waals surface area contributed by atoms with Crippen molar-refractivity contribution in [1.29, 1.82) is 0 Å². The predicted molar refractivity (Wildman–Crippen MR) is 92.6 cm³/mol. The molecule has 2 saturated heterocycles. The summed E-state index contributed by atoms with van der Waals surface area (Å²) in [5.41, 5.74) is 0. The maximum atomic E-state index is 12.9. The Labute approximate surface area is 144 Å². The third kappa shape index (κ3) is 3.55. The minimum atomic E-state index is 0.156. The molecule has 2 aliphatic heterocycles. The van der Waals surface area contributed by atoms with Crippen LogP contribution in [-0.4, -0.2) is 41.0 Å². The summed E-state index contributed by atoms with van der Waals surface area (Å²) in [6.45, 7) is 0. The molecule has 2 saturated carbocycles. The van der Waals surface area contributed by atoms with Gasteiger partial charge >= 0.3 is 6.03 Å². The first-order chi connectivity index (χ1) is 11.7. The number of hydrogen-bond acceptors (Lipinski definition) is 2. The van der Waals surface area contributed by atoms with Crippen LogP contribution >= 0.6 is 0 Å². The van der Waals surface area contributed by atoms with Gasteiger partial charge in [-0.05, 0) is 57.8 Å². The van der Waals surface area contributed by atoms with Gasteiger partial charge < -0.3 is 15.5 Å². The van der Waals surface area contributed by atoms with E-state index >= 15 is 0 Å². The third-order valence-corrected chi connectivity index (χ3v) is 6.44. The molecule has 24 heavy (non-hydrogen) atoms. The van der Waals surface area contributed by atoms with Crippen molar-refractivity contribution in [2.75, 3.05) is 0 Å². The van der Waals surface area contributed by atoms with Crippen LogP contribution < -0.4 is 10.6 Å². The van der Waals surface area contributed by atoms with Crippen LogP contribution in [0.1, 0.15) is 77.0 Å². The molecular formula is C19H31N3O2. The van der Waals surface area contributed by atoms with Crippen LogP contribution in [0.3, 0.4) is 0 Å². The molecule has 0 radical (unpaired) electrons. The average molecular weight is 333 g/mol. The van der Waals surface area contributed by atoms with E-state index in [-0.39, 0.29) is 23.9 Å². The van der Waals surface area contributed by atoms with Crippen molar-refractivity contribution in [3.63, 3.8) is 0 Å². The Morgan fingerprint density at radius 2 is 1.38 bits per heavy atom. The van der Waals surface area contributed by atoms with E-state index in [2.05, 4.69) is 15.5 Å². The van der Waals surface area contributed by atoms with Gasteiger partial charge in [0.2, 0.25) is 5.91 Å². The lowest BCUT2D eigenvalue weighted by atomic mass is 9.82. The monoisotopic (exact) mass is 333 g/mol. The fraction of sp³-hybridized carbons (Fsp3) is 0.895. The lowest BCUT2D eigenvalue weighted by molar-refractivity contribution is -0.123. The fourth-order valence-electron chi connectivity index (χ4n) is 4.99. The van der Waals surface area contributed by atoms with Crippen molar-refractivity contribution in [3.8, 4) is 0 Å². The first-order valence-corrected chi connectivity index (χ1v) is 10.1. The van der Waals surface area contributed by atoms with Crippen LogP contribution in [0.15, 0.2) is 0 Å². The zero-order valence-electron chi connectivity index (χ0n) is 14.6. The molecule has 5 heteroatoms. The zero-order valence-corrected chi connectivity index (χ0v) is 14.6. The molecule has 0 spiro atoms. The quantitative estimate of drug-likeness (QED) is 0.834. The molecule has 3 atom stereocenters. The first-order valence-electron chi connectivity index (χ1n) is 10.1. The van der Waals surface area contributed by atoms with Crippen molar-refractivity contribution >= 4 is 11.9 Å². The topological polar surface area (TPSA) is 61.4 Å². The Morgan fingerprint density at radius 1 is 0.708 bits per heavy atom. The molecule has 4 rings (SSSR count). The molecule has 3 amide bonds. The lowest BCUT2D eigenvalue weighted by Crippen LogP contribution is -2.61. The molecular weight excluding hydrogens is 302 g/mol. The first kappa shape index (κ1) is 16.2. The van der Waals surface area contributed by atoms with E-state index in [0.717, 1.165) is 51.4 Å². The molecule has 0 aromatic carbocycles. The molecule has 2 N–H and O–H groups in total. The van der Waals surface area contributed by atoms with Gasteiger partial charge in [0.1, 0.15) is 0 Å². The summed E-state index contributed by atoms with van der Waals surface area (Å²) >= 11 is 0. The van der Waals surface area contributed by atoms with Gasteiger partial charge in [0.15, 0.2) is 0 Å². The molecule has 0 aromatic heterocycles. The average Bonchev–Trinajstić information content (AvgIpc) is 3.40. The smallest absolute Gasteiger partial charge is 0.318 e. The van der Waals surface area contributed by atoms with Crippen molar-refractivity contribution in [1.82, 2.24) is 15.5 Å². The normalized spacial score (nSPS) is 33.8. The van der Waals surface area contributed by atoms with Crippen molar-refractivity contribution < 1.29 is 9.59 Å². The maximum absolute atomic E-state index is 12.9. The molecule has 4 aliphatic rings. The van der Waals surface area contributed by atoms with Crippen molar-refractivity contribution in [2.45, 2.75) is 101 Å². The highest BCUT2D eigenvalue weighted by Gasteiger charge is 2.42. The summed E-state index contributed by atoms with van der Waals surface area (Å²) in [5, 5.41) is 6.55. The predicted octanol–water partition coefficient (Wildman–Crippen LogP) is 2.94. The summed E-state index contributed by atoms with van der Waals surface area (Å²) in [4.78, 5) is 27.1. The van der Waals surface area contributed by atoms with E-state index in [1.807, 2.05) is 0 Å². The van der Waals surface area contributed by atoms with E-state index in [4.69, 9.17) is 0 Å². The van der Waals surface area contributed by atoms with Gasteiger partial charge in [0, 0.05) is 30.1 Å². The number of nitrogens with one attached hydrogen (secondary N) is 2. The molecule has 2 heterocycles. The standard InChI is InChI=1S/C19H31N3O2/c23-18(13-9-10-13)20-15-11-16-7-4-8-17(12-15)22(16)19(24)21-14-5-2-1-3-6-14/h13-17H,1-12H2,(H,20,23)(H,21,24)/t15?,16-,17+. The second-order valence-corrected chi connectivity index (χ2v) is 8.38. The Bertz CT molecular complexity index is 471. The maximum Gasteiger partial charge on any atom is 0.318 e. The SMILES string of the molecule is O=C(NC1C[C@H]2CCC[C@@H](C1)N2C(=O)NC1CCCCC1)C1CC1. The van der Waals surface area contributed by atoms with Crippen LogP contribution in [0, 0.1) is 5.92 Å². The van der Waals surface area contributed by atoms with Gasteiger partial charge in [-0.3, -0.25) is 4.79 Å². The van der Waals surface area contributed by atoms with Crippen LogP contribution in [0.5, 0.6) is 0 Å². The number of fused-ring (bicyclic) bond motifs is 2. The van der Waals surface area contributed by atoms with E-state index in [0.29, 0.717) is 18.1 Å². The summed E-state index contributed by atoms with van der Waals surface area (Å²) in [7, 11) is 0. The van der Waals surface area contributed by atoms with Gasteiger partial charge in [-0.2, -0.15) is 0 Å². The highest BCUT2D eigenvalue weighted by atomic mass is 16.2. The van der Waals surface area contributed by atoms with E-state index < -0.39 is 0 Å². The fourth-order valence-corrected chi connectivity index (χ4v) is 4.99. The van der Waals surface area contributed by atoms with Gasteiger partial charge in [0.05, 0.1) is 0 Å². The van der Waals surface area contributed by atoms with Crippen molar-refractivity contribution in [3.05, 3.63) is 0 Å². The number of urea groups is 1. The summed E-state index contributed by atoms with van der Waals surface area (Å²) in [5.74, 6) is 0.524. The van der Waals surface area contributed by atoms with Gasteiger partial charge in [-0.15, -0.1) is 0 Å². The molecule has 2 bridgehead atoms. The minimum Gasteiger partial charge on any atom is -0.353 e. The molecule has 134 valence electrons. The summed E-state index contributed by atoms with van der Waals surface area (Å²) < 4.78 is 0. The Kier molecular flexibility index (Phi) is 4.68. The van der Waals surface area contributed by atoms with Crippen LogP contribution in [0.4, 0.5) is 4.79 Å². The molecule has 1 unspecified atom stereocenters. The number of carbonyl (C=O) groups is 2. The van der Waals surface area contributed by atoms with E-state index in [1.54, 1.807) is 0 Å². The largest absolute Gasteiger partial charge is 0.353 e. The number of rotatable bonds is 3. The molecule has 4 fully saturated rings. The summed E-state index contributed by atoms with van der Waals surface area (Å²) in [6, 6.07) is 1.42. The van der Waals surface area contributed by atoms with E-state index in [9.17, 15) is 9.59 Å². The van der Waals surface area contributed by atoms with E-state index in [1.165, 1.54) is 25.7 Å². The number of carbonyl (C=O) groups excluding carboxylic acids is 2. The summed E-state index contributed by atoms with van der Waals surface area (Å²) in [6.07, 6.45) is 13.4. The highest BCUT2D eigenvalue weighted by Crippen LogP contribution is 2.35. The van der Waals surface area contributed by atoms with Crippen LogP contribution in [0.25, 0.3) is 0 Å². The third-order valence-electron chi connectivity index (χ3n) is 6.44. The van der Waals surface area contributed by atoms with Crippen LogP contribution in [-0.2, 0) is 4.79 Å². The van der Waals surface area contributed by atoms with Crippen LogP contribution in [0.2, 0.25) is 0 Å². The van der Waals surface area contributed by atoms with Gasteiger partial charge in [-0.1, -0.05) is 19.3 Å². The zero-order chi connectivity index (χ0) is 16.5. The Morgan fingerprint density at radius 3 is 2.00 bits per heavy atom. The highest BCUT2D eigenvalue weighted by molar-refractivity contribution is 5.81. The Hall–Kier alpha value is -1.26. The Balaban J connectivity index is 1.35. The molecule has 5 nitrogen and oxygen atoms in total. The second kappa shape index (κ2) is 6.93. The minimum absolute atomic E-state index is 0.156. The number of hydrogen-bond donors (Lipinski definition) is 2. The molecule has 0 aromatic rings. The van der Waals surface area contributed by atoms with Gasteiger partial charge in [0.25, 0.3) is 0 Å². The lowest BCUT2D eigenvalue weighted by Gasteiger charge is -2.49. The number of nitrogens with zero attached hydrogens (tertiary/aromatic N) is 1. The number of amides is 3. The second-order valence-electron chi connectivity index (χ2n) is 8.38. The number of piperidine rings is 2. The van der Waals surface area contributed by atoms with Crippen molar-refractivity contribution in [2.24, 2.45) is 5.92 Å².